The van der Waals surface area contributed by atoms with Gasteiger partial charge in [0, 0.05) is 6.54 Å². The molecular formula is C16H20FNO. The zero-order chi connectivity index (χ0) is 13.4. The summed E-state index contributed by atoms with van der Waals surface area (Å²) >= 11 is 0. The highest BCUT2D eigenvalue weighted by Crippen LogP contribution is 2.48. The fourth-order valence-corrected chi connectivity index (χ4v) is 2.88. The lowest BCUT2D eigenvalue weighted by Gasteiger charge is -2.16. The number of halogens is 1. The second-order valence-corrected chi connectivity index (χ2v) is 6.03. The average molecular weight is 261 g/mol. The molecule has 2 aliphatic carbocycles. The van der Waals surface area contributed by atoms with E-state index in [9.17, 15) is 9.18 Å². The molecule has 2 aliphatic rings. The van der Waals surface area contributed by atoms with Crippen molar-refractivity contribution < 1.29 is 9.18 Å². The van der Waals surface area contributed by atoms with Crippen LogP contribution >= 0.6 is 0 Å². The summed E-state index contributed by atoms with van der Waals surface area (Å²) in [6, 6.07) is 4.76. The molecule has 3 heteroatoms. The molecule has 3 rings (SSSR count). The Labute approximate surface area is 113 Å². The average Bonchev–Trinajstić information content (AvgIpc) is 3.23. The fourth-order valence-electron chi connectivity index (χ4n) is 2.88. The summed E-state index contributed by atoms with van der Waals surface area (Å²) in [6.45, 7) is 2.53. The number of amides is 1. The van der Waals surface area contributed by atoms with Crippen LogP contribution in [0.1, 0.15) is 41.6 Å². The Morgan fingerprint density at radius 2 is 1.95 bits per heavy atom. The number of carbonyl (C=O) groups is 1. The lowest BCUT2D eigenvalue weighted by Crippen LogP contribution is -2.31. The summed E-state index contributed by atoms with van der Waals surface area (Å²) in [5, 5.41) is 2.92. The molecule has 2 nitrogen and oxygen atoms in total. The lowest BCUT2D eigenvalue weighted by molar-refractivity contribution is 0.0939. The van der Waals surface area contributed by atoms with E-state index in [0.29, 0.717) is 12.5 Å². The number of hydrogen-bond donors (Lipinski definition) is 1. The Kier molecular flexibility index (Phi) is 3.29. The van der Waals surface area contributed by atoms with Gasteiger partial charge < -0.3 is 5.32 Å². The van der Waals surface area contributed by atoms with Crippen molar-refractivity contribution in [1.29, 1.82) is 0 Å². The van der Waals surface area contributed by atoms with Crippen LogP contribution in [-0.4, -0.2) is 12.5 Å². The van der Waals surface area contributed by atoms with Crippen LogP contribution in [0.25, 0.3) is 0 Å². The lowest BCUT2D eigenvalue weighted by atomic mass is 9.98. The van der Waals surface area contributed by atoms with Crippen LogP contribution in [0.2, 0.25) is 0 Å². The molecule has 2 saturated carbocycles. The molecule has 19 heavy (non-hydrogen) atoms. The van der Waals surface area contributed by atoms with Gasteiger partial charge in [0.25, 0.3) is 5.91 Å². The van der Waals surface area contributed by atoms with E-state index < -0.39 is 5.82 Å². The van der Waals surface area contributed by atoms with Crippen molar-refractivity contribution in [1.82, 2.24) is 5.32 Å². The van der Waals surface area contributed by atoms with E-state index in [1.807, 2.05) is 6.92 Å². The van der Waals surface area contributed by atoms with Gasteiger partial charge in [0.1, 0.15) is 5.82 Å². The number of hydrogen-bond acceptors (Lipinski definition) is 1. The third-order valence-corrected chi connectivity index (χ3v) is 4.32. The summed E-state index contributed by atoms with van der Waals surface area (Å²) in [5.41, 5.74) is 0.999. The van der Waals surface area contributed by atoms with E-state index in [-0.39, 0.29) is 11.5 Å². The van der Waals surface area contributed by atoms with Gasteiger partial charge in [-0.3, -0.25) is 4.79 Å². The van der Waals surface area contributed by atoms with Crippen LogP contribution in [0, 0.1) is 30.5 Å². The van der Waals surface area contributed by atoms with Gasteiger partial charge in [-0.25, -0.2) is 4.39 Å². The van der Waals surface area contributed by atoms with Gasteiger partial charge in [0.2, 0.25) is 0 Å². The van der Waals surface area contributed by atoms with Crippen LogP contribution in [0.3, 0.4) is 0 Å². The predicted octanol–water partition coefficient (Wildman–Crippen LogP) is 3.30. The highest BCUT2D eigenvalue weighted by molar-refractivity contribution is 5.94. The Balaban J connectivity index is 1.61. The molecule has 0 aliphatic heterocycles. The molecular weight excluding hydrogens is 241 g/mol. The molecule has 0 bridgehead atoms. The van der Waals surface area contributed by atoms with Gasteiger partial charge in [-0.05, 0) is 68.1 Å². The molecule has 1 aromatic rings. The van der Waals surface area contributed by atoms with E-state index in [0.717, 1.165) is 17.4 Å². The van der Waals surface area contributed by atoms with Gasteiger partial charge >= 0.3 is 0 Å². The van der Waals surface area contributed by atoms with Crippen LogP contribution in [0.15, 0.2) is 18.2 Å². The number of rotatable bonds is 5. The summed E-state index contributed by atoms with van der Waals surface area (Å²) in [7, 11) is 0. The van der Waals surface area contributed by atoms with E-state index in [1.165, 1.54) is 31.7 Å². The van der Waals surface area contributed by atoms with Crippen LogP contribution in [0.4, 0.5) is 4.39 Å². The van der Waals surface area contributed by atoms with Crippen LogP contribution in [-0.2, 0) is 0 Å². The molecule has 0 spiro atoms. The predicted molar refractivity (Wildman–Crippen MR) is 72.4 cm³/mol. The summed E-state index contributed by atoms with van der Waals surface area (Å²) < 4.78 is 13.7. The second kappa shape index (κ2) is 4.95. The standard InChI is InChI=1S/C16H20FNO/c1-10-2-7-13(15(17)8-10)16(19)18-9-14(11-3-4-11)12-5-6-12/h2,7-8,11-12,14H,3-6,9H2,1H3,(H,18,19). The number of carbonyl (C=O) groups excluding carboxylic acids is 1. The van der Waals surface area contributed by atoms with Crippen molar-refractivity contribution in [3.05, 3.63) is 35.1 Å². The number of nitrogens with one attached hydrogen (secondary N) is 1. The topological polar surface area (TPSA) is 29.1 Å². The minimum absolute atomic E-state index is 0.163. The second-order valence-electron chi connectivity index (χ2n) is 6.03. The molecule has 1 aromatic carbocycles. The molecule has 0 unspecified atom stereocenters. The quantitative estimate of drug-likeness (QED) is 0.865. The van der Waals surface area contributed by atoms with E-state index in [1.54, 1.807) is 12.1 Å². The fraction of sp³-hybridized carbons (Fsp3) is 0.562. The van der Waals surface area contributed by atoms with Crippen molar-refractivity contribution in [3.63, 3.8) is 0 Å². The van der Waals surface area contributed by atoms with Crippen molar-refractivity contribution in [2.45, 2.75) is 32.6 Å². The van der Waals surface area contributed by atoms with E-state index in [4.69, 9.17) is 0 Å². The monoisotopic (exact) mass is 261 g/mol. The SMILES string of the molecule is Cc1ccc(C(=O)NCC(C2CC2)C2CC2)c(F)c1. The Bertz CT molecular complexity index is 480. The summed E-state index contributed by atoms with van der Waals surface area (Å²) in [5.74, 6) is 1.53. The van der Waals surface area contributed by atoms with E-state index >= 15 is 0 Å². The minimum atomic E-state index is -0.424. The van der Waals surface area contributed by atoms with Gasteiger partial charge in [-0.1, -0.05) is 6.07 Å². The Hall–Kier alpha value is -1.38. The normalized spacial score (nSPS) is 18.7. The molecule has 102 valence electrons. The van der Waals surface area contributed by atoms with Crippen molar-refractivity contribution in [2.75, 3.05) is 6.54 Å². The first-order chi connectivity index (χ1) is 9.15. The molecule has 0 saturated heterocycles. The molecule has 1 amide bonds. The molecule has 0 atom stereocenters. The van der Waals surface area contributed by atoms with Crippen molar-refractivity contribution >= 4 is 5.91 Å². The van der Waals surface area contributed by atoms with Crippen molar-refractivity contribution in [3.8, 4) is 0 Å². The maximum Gasteiger partial charge on any atom is 0.254 e. The highest BCUT2D eigenvalue weighted by atomic mass is 19.1. The molecule has 0 radical (unpaired) electrons. The third kappa shape index (κ3) is 2.96. The largest absolute Gasteiger partial charge is 0.352 e. The number of aryl methyl sites for hydroxylation is 1. The first-order valence-electron chi connectivity index (χ1n) is 7.19. The van der Waals surface area contributed by atoms with Crippen LogP contribution < -0.4 is 5.32 Å². The molecule has 0 heterocycles. The first kappa shape index (κ1) is 12.6. The minimum Gasteiger partial charge on any atom is -0.352 e. The Morgan fingerprint density at radius 1 is 1.32 bits per heavy atom. The Morgan fingerprint density at radius 3 is 2.47 bits per heavy atom. The van der Waals surface area contributed by atoms with Gasteiger partial charge in [0.15, 0.2) is 0 Å². The van der Waals surface area contributed by atoms with Crippen molar-refractivity contribution in [2.24, 2.45) is 17.8 Å². The zero-order valence-electron chi connectivity index (χ0n) is 11.3. The summed E-state index contributed by atoms with van der Waals surface area (Å²) in [4.78, 5) is 12.0. The molecule has 1 N–H and O–H groups in total. The zero-order valence-corrected chi connectivity index (χ0v) is 11.3. The summed E-state index contributed by atoms with van der Waals surface area (Å²) in [6.07, 6.45) is 5.21. The third-order valence-electron chi connectivity index (χ3n) is 4.32. The van der Waals surface area contributed by atoms with Crippen LogP contribution in [0.5, 0.6) is 0 Å². The van der Waals surface area contributed by atoms with E-state index in [2.05, 4.69) is 5.32 Å². The number of benzene rings is 1. The smallest absolute Gasteiger partial charge is 0.254 e. The maximum absolute atomic E-state index is 13.7. The molecule has 2 fully saturated rings. The van der Waals surface area contributed by atoms with Gasteiger partial charge in [-0.15, -0.1) is 0 Å². The molecule has 0 aromatic heterocycles. The highest BCUT2D eigenvalue weighted by Gasteiger charge is 2.41. The first-order valence-corrected chi connectivity index (χ1v) is 7.19. The maximum atomic E-state index is 13.7. The van der Waals surface area contributed by atoms with Gasteiger partial charge in [0.05, 0.1) is 5.56 Å². The van der Waals surface area contributed by atoms with Gasteiger partial charge in [-0.2, -0.15) is 0 Å².